The van der Waals surface area contributed by atoms with Gasteiger partial charge in [-0.25, -0.2) is 4.79 Å². The van der Waals surface area contributed by atoms with Gasteiger partial charge >= 0.3 is 5.69 Å². The number of rotatable bonds is 7. The van der Waals surface area contributed by atoms with Gasteiger partial charge in [0.25, 0.3) is 5.56 Å². The molecule has 2 heterocycles. The van der Waals surface area contributed by atoms with Gasteiger partial charge in [-0.05, 0) is 44.3 Å². The highest BCUT2D eigenvalue weighted by molar-refractivity contribution is 5.85. The molecule has 1 fully saturated rings. The normalized spacial score (nSPS) is 14.4. The minimum Gasteiger partial charge on any atom is -0.341 e. The summed E-state index contributed by atoms with van der Waals surface area (Å²) in [5.74, 6) is 0.461. The molecule has 7 nitrogen and oxygen atoms in total. The summed E-state index contributed by atoms with van der Waals surface area (Å²) < 4.78 is 2.51. The summed E-state index contributed by atoms with van der Waals surface area (Å²) in [5.41, 5.74) is 0.0740. The molecule has 1 aliphatic rings. The van der Waals surface area contributed by atoms with Gasteiger partial charge in [-0.3, -0.25) is 18.7 Å². The van der Waals surface area contributed by atoms with Gasteiger partial charge in [-0.2, -0.15) is 0 Å². The van der Waals surface area contributed by atoms with Crippen molar-refractivity contribution in [1.82, 2.24) is 19.4 Å². The molecule has 158 valence electrons. The second-order valence-corrected chi connectivity index (χ2v) is 7.35. The molecule has 1 aromatic carbocycles. The maximum atomic E-state index is 12.7. The van der Waals surface area contributed by atoms with Crippen molar-refractivity contribution in [3.05, 3.63) is 69.0 Å². The molecule has 0 spiro atoms. The van der Waals surface area contributed by atoms with E-state index in [2.05, 4.69) is 5.32 Å². The number of hydrogen-bond donors (Lipinski definition) is 1. The Bertz CT molecular complexity index is 902. The summed E-state index contributed by atoms with van der Waals surface area (Å²) in [4.78, 5) is 39.4. The first-order valence-electron chi connectivity index (χ1n) is 9.85. The van der Waals surface area contributed by atoms with E-state index in [4.69, 9.17) is 0 Å². The largest absolute Gasteiger partial charge is 0.341 e. The van der Waals surface area contributed by atoms with Crippen molar-refractivity contribution in [3.8, 4) is 0 Å². The van der Waals surface area contributed by atoms with Crippen LogP contribution < -0.4 is 16.6 Å². The summed E-state index contributed by atoms with van der Waals surface area (Å²) in [6.45, 7) is 2.53. The third kappa shape index (κ3) is 6.05. The number of amides is 1. The maximum Gasteiger partial charge on any atom is 0.331 e. The first kappa shape index (κ1) is 22.9. The number of nitrogens with zero attached hydrogens (tertiary/aromatic N) is 3. The number of hydrogen-bond acceptors (Lipinski definition) is 4. The monoisotopic (exact) mass is 420 g/mol. The lowest BCUT2D eigenvalue weighted by Gasteiger charge is -2.32. The van der Waals surface area contributed by atoms with Crippen molar-refractivity contribution in [3.63, 3.8) is 0 Å². The maximum absolute atomic E-state index is 12.7. The lowest BCUT2D eigenvalue weighted by Crippen LogP contribution is -2.46. The molecule has 8 heteroatoms. The lowest BCUT2D eigenvalue weighted by molar-refractivity contribution is -0.133. The van der Waals surface area contributed by atoms with Crippen LogP contribution in [-0.2, 0) is 17.9 Å². The molecule has 1 amide bonds. The molecular formula is C21H29ClN4O3. The summed E-state index contributed by atoms with van der Waals surface area (Å²) in [7, 11) is 1.95. The highest BCUT2D eigenvalue weighted by Gasteiger charge is 2.23. The van der Waals surface area contributed by atoms with Gasteiger partial charge < -0.3 is 10.2 Å². The molecule has 3 rings (SSSR count). The molecule has 0 atom stereocenters. The molecule has 0 radical (unpaired) electrons. The van der Waals surface area contributed by atoms with Gasteiger partial charge in [0.15, 0.2) is 0 Å². The van der Waals surface area contributed by atoms with E-state index < -0.39 is 11.2 Å². The Kier molecular flexibility index (Phi) is 8.67. The first-order chi connectivity index (χ1) is 13.6. The molecule has 1 aromatic heterocycles. The molecule has 29 heavy (non-hydrogen) atoms. The van der Waals surface area contributed by atoms with Crippen LogP contribution >= 0.6 is 12.4 Å². The van der Waals surface area contributed by atoms with Crippen LogP contribution in [0.1, 0.15) is 24.8 Å². The summed E-state index contributed by atoms with van der Waals surface area (Å²) in [5, 5.41) is 3.16. The molecule has 1 saturated heterocycles. The zero-order valence-electron chi connectivity index (χ0n) is 16.8. The molecule has 0 unspecified atom stereocenters. The van der Waals surface area contributed by atoms with Gasteiger partial charge in [-0.15, -0.1) is 12.4 Å². The molecule has 0 bridgehead atoms. The fourth-order valence-corrected chi connectivity index (χ4v) is 3.66. The average molecular weight is 421 g/mol. The highest BCUT2D eigenvalue weighted by atomic mass is 35.5. The van der Waals surface area contributed by atoms with Crippen LogP contribution in [0.5, 0.6) is 0 Å². The van der Waals surface area contributed by atoms with Gasteiger partial charge in [-0.1, -0.05) is 30.3 Å². The first-order valence-corrected chi connectivity index (χ1v) is 9.85. The van der Waals surface area contributed by atoms with E-state index in [1.165, 1.54) is 16.8 Å². The Labute approximate surface area is 176 Å². The molecule has 1 aliphatic heterocycles. The third-order valence-corrected chi connectivity index (χ3v) is 5.40. The zero-order valence-corrected chi connectivity index (χ0v) is 17.6. The Balaban J connectivity index is 0.00000300. The topological polar surface area (TPSA) is 76.3 Å². The molecule has 0 saturated carbocycles. The predicted molar refractivity (Wildman–Crippen MR) is 116 cm³/mol. The van der Waals surface area contributed by atoms with Gasteiger partial charge in [0, 0.05) is 25.4 Å². The van der Waals surface area contributed by atoms with Crippen LogP contribution in [0.4, 0.5) is 0 Å². The third-order valence-electron chi connectivity index (χ3n) is 5.40. The van der Waals surface area contributed by atoms with Gasteiger partial charge in [0.2, 0.25) is 5.91 Å². The van der Waals surface area contributed by atoms with Crippen molar-refractivity contribution >= 4 is 18.3 Å². The lowest BCUT2D eigenvalue weighted by atomic mass is 9.93. The number of nitrogens with one attached hydrogen (secondary N) is 1. The van der Waals surface area contributed by atoms with Crippen molar-refractivity contribution in [2.24, 2.45) is 5.92 Å². The second-order valence-electron chi connectivity index (χ2n) is 7.35. The summed E-state index contributed by atoms with van der Waals surface area (Å²) in [6, 6.07) is 10.9. The minimum atomic E-state index is -0.450. The van der Waals surface area contributed by atoms with Crippen LogP contribution in [0.3, 0.4) is 0 Å². The van der Waals surface area contributed by atoms with Crippen molar-refractivity contribution in [1.29, 1.82) is 0 Å². The Morgan fingerprint density at radius 2 is 1.79 bits per heavy atom. The smallest absolute Gasteiger partial charge is 0.331 e. The number of aromatic nitrogens is 2. The fraction of sp³-hybridized carbons (Fsp3) is 0.476. The van der Waals surface area contributed by atoms with Crippen LogP contribution in [0.2, 0.25) is 0 Å². The SMILES string of the molecule is CNCCC1CCN(C(=O)Cn2c(=O)ccn(Cc3ccccc3)c2=O)CC1.Cl. The fourth-order valence-electron chi connectivity index (χ4n) is 3.66. The van der Waals surface area contributed by atoms with Crippen molar-refractivity contribution in [2.75, 3.05) is 26.7 Å². The van der Waals surface area contributed by atoms with E-state index in [0.717, 1.165) is 35.9 Å². The van der Waals surface area contributed by atoms with E-state index in [-0.39, 0.29) is 24.9 Å². The molecular weight excluding hydrogens is 392 g/mol. The summed E-state index contributed by atoms with van der Waals surface area (Å²) >= 11 is 0. The van der Waals surface area contributed by atoms with E-state index in [1.807, 2.05) is 37.4 Å². The zero-order chi connectivity index (χ0) is 19.9. The summed E-state index contributed by atoms with van der Waals surface area (Å²) in [6.07, 6.45) is 4.54. The molecule has 0 aliphatic carbocycles. The van der Waals surface area contributed by atoms with Crippen molar-refractivity contribution < 1.29 is 4.79 Å². The molecule has 2 aromatic rings. The van der Waals surface area contributed by atoms with Crippen LogP contribution in [0.25, 0.3) is 0 Å². The van der Waals surface area contributed by atoms with E-state index in [0.29, 0.717) is 25.6 Å². The quantitative estimate of drug-likeness (QED) is 0.733. The van der Waals surface area contributed by atoms with Crippen LogP contribution in [0.15, 0.2) is 52.2 Å². The van der Waals surface area contributed by atoms with Gasteiger partial charge in [0.1, 0.15) is 6.54 Å². The average Bonchev–Trinajstić information content (AvgIpc) is 2.72. The molecule has 1 N–H and O–H groups in total. The van der Waals surface area contributed by atoms with Crippen LogP contribution in [-0.4, -0.2) is 46.6 Å². The Morgan fingerprint density at radius 3 is 2.45 bits per heavy atom. The number of benzene rings is 1. The Hall–Kier alpha value is -2.38. The highest BCUT2D eigenvalue weighted by Crippen LogP contribution is 2.20. The van der Waals surface area contributed by atoms with E-state index in [9.17, 15) is 14.4 Å². The number of piperidine rings is 1. The van der Waals surface area contributed by atoms with E-state index in [1.54, 1.807) is 4.90 Å². The van der Waals surface area contributed by atoms with E-state index >= 15 is 0 Å². The standard InChI is InChI=1S/C21H28N4O3.ClH/c1-22-11-7-17-8-12-23(13-9-17)20(27)16-25-19(26)10-14-24(21(25)28)15-18-5-3-2-4-6-18;/h2-6,10,14,17,22H,7-9,11-13,15-16H2,1H3;1H. The number of likely N-dealkylation sites (tertiary alicyclic amines) is 1. The minimum absolute atomic E-state index is 0. The van der Waals surface area contributed by atoms with Gasteiger partial charge in [0.05, 0.1) is 6.54 Å². The number of halogens is 1. The number of carbonyl (C=O) groups is 1. The number of carbonyl (C=O) groups excluding carboxylic acids is 1. The van der Waals surface area contributed by atoms with Crippen LogP contribution in [0, 0.1) is 5.92 Å². The predicted octanol–water partition coefficient (Wildman–Crippen LogP) is 1.33. The van der Waals surface area contributed by atoms with Crippen molar-refractivity contribution in [2.45, 2.75) is 32.4 Å². The second kappa shape index (κ2) is 11.0. The Morgan fingerprint density at radius 1 is 1.10 bits per heavy atom.